The van der Waals surface area contributed by atoms with Crippen LogP contribution in [0, 0.1) is 5.92 Å². The summed E-state index contributed by atoms with van der Waals surface area (Å²) in [6.07, 6.45) is 3.52. The fourth-order valence-electron chi connectivity index (χ4n) is 4.52. The summed E-state index contributed by atoms with van der Waals surface area (Å²) < 4.78 is 0. The minimum atomic E-state index is 0.0418. The third-order valence-electron chi connectivity index (χ3n) is 6.40. The van der Waals surface area contributed by atoms with Crippen LogP contribution in [0.3, 0.4) is 0 Å². The number of para-hydroxylation sites is 1. The van der Waals surface area contributed by atoms with E-state index in [0.29, 0.717) is 5.82 Å². The van der Waals surface area contributed by atoms with Gasteiger partial charge in [-0.3, -0.25) is 9.89 Å². The number of aromatic nitrogens is 4. The number of benzene rings is 3. The maximum Gasteiger partial charge on any atom is 0.227 e. The summed E-state index contributed by atoms with van der Waals surface area (Å²) in [6, 6.07) is 21.7. The van der Waals surface area contributed by atoms with Gasteiger partial charge < -0.3 is 16.0 Å². The molecule has 1 amide bonds. The Morgan fingerprint density at radius 2 is 1.80 bits per heavy atom. The molecule has 1 aliphatic heterocycles. The number of amides is 1. The van der Waals surface area contributed by atoms with Crippen molar-refractivity contribution in [2.45, 2.75) is 12.8 Å². The highest BCUT2D eigenvalue weighted by Crippen LogP contribution is 2.29. The third kappa shape index (κ3) is 4.43. The van der Waals surface area contributed by atoms with Crippen LogP contribution in [0.25, 0.3) is 33.2 Å². The summed E-state index contributed by atoms with van der Waals surface area (Å²) in [6.45, 7) is 1.76. The predicted molar refractivity (Wildman–Crippen MR) is 139 cm³/mol. The maximum absolute atomic E-state index is 12.7. The van der Waals surface area contributed by atoms with Gasteiger partial charge in [0.2, 0.25) is 5.91 Å². The molecule has 35 heavy (non-hydrogen) atoms. The monoisotopic (exact) mass is 463 g/mol. The second-order valence-corrected chi connectivity index (χ2v) is 8.80. The van der Waals surface area contributed by atoms with Gasteiger partial charge in [-0.2, -0.15) is 5.10 Å². The summed E-state index contributed by atoms with van der Waals surface area (Å²) in [5.41, 5.74) is 4.33. The molecular formula is C27H25N7O. The molecule has 1 aliphatic rings. The van der Waals surface area contributed by atoms with E-state index in [4.69, 9.17) is 9.97 Å². The second-order valence-electron chi connectivity index (χ2n) is 8.80. The van der Waals surface area contributed by atoms with E-state index in [2.05, 4.69) is 26.1 Å². The molecule has 0 unspecified atom stereocenters. The average molecular weight is 464 g/mol. The highest BCUT2D eigenvalue weighted by Gasteiger charge is 2.21. The van der Waals surface area contributed by atoms with Crippen LogP contribution in [0.4, 0.5) is 17.2 Å². The topological polar surface area (TPSA) is 108 Å². The van der Waals surface area contributed by atoms with Gasteiger partial charge in [0.25, 0.3) is 0 Å². The van der Waals surface area contributed by atoms with Crippen LogP contribution in [-0.2, 0) is 4.79 Å². The van der Waals surface area contributed by atoms with E-state index in [1.165, 1.54) is 0 Å². The molecule has 3 heterocycles. The van der Waals surface area contributed by atoms with E-state index in [1.54, 1.807) is 6.20 Å². The Morgan fingerprint density at radius 1 is 0.914 bits per heavy atom. The van der Waals surface area contributed by atoms with Gasteiger partial charge in [-0.05, 0) is 68.4 Å². The molecule has 4 N–H and O–H groups in total. The third-order valence-corrected chi connectivity index (χ3v) is 6.40. The highest BCUT2D eigenvalue weighted by molar-refractivity contribution is 5.95. The Kier molecular flexibility index (Phi) is 5.56. The number of anilines is 3. The fourth-order valence-corrected chi connectivity index (χ4v) is 4.52. The number of carbonyl (C=O) groups excluding carboxylic acids is 1. The molecule has 174 valence electrons. The quantitative estimate of drug-likeness (QED) is 0.297. The molecule has 8 nitrogen and oxygen atoms in total. The van der Waals surface area contributed by atoms with Crippen LogP contribution in [-0.4, -0.2) is 39.2 Å². The zero-order chi connectivity index (χ0) is 23.6. The van der Waals surface area contributed by atoms with Gasteiger partial charge in [0.15, 0.2) is 5.82 Å². The summed E-state index contributed by atoms with van der Waals surface area (Å²) in [4.78, 5) is 22.4. The lowest BCUT2D eigenvalue weighted by Crippen LogP contribution is -2.34. The van der Waals surface area contributed by atoms with E-state index in [1.807, 2.05) is 66.7 Å². The molecule has 1 saturated heterocycles. The van der Waals surface area contributed by atoms with Crippen molar-refractivity contribution in [3.05, 3.63) is 72.9 Å². The van der Waals surface area contributed by atoms with Crippen molar-refractivity contribution >= 4 is 44.9 Å². The van der Waals surface area contributed by atoms with Crippen LogP contribution >= 0.6 is 0 Å². The van der Waals surface area contributed by atoms with E-state index in [0.717, 1.165) is 70.5 Å². The molecule has 2 aromatic heterocycles. The molecule has 5 aromatic rings. The first-order chi connectivity index (χ1) is 17.2. The molecule has 0 saturated carbocycles. The molecule has 0 spiro atoms. The molecule has 1 fully saturated rings. The Morgan fingerprint density at radius 3 is 2.71 bits per heavy atom. The number of hydrogen-bond donors (Lipinski definition) is 4. The number of nitrogens with zero attached hydrogens (tertiary/aromatic N) is 3. The van der Waals surface area contributed by atoms with Crippen molar-refractivity contribution < 1.29 is 4.79 Å². The predicted octanol–water partition coefficient (Wildman–Crippen LogP) is 4.85. The number of H-pyrrole nitrogens is 1. The smallest absolute Gasteiger partial charge is 0.227 e. The van der Waals surface area contributed by atoms with Crippen molar-refractivity contribution in [2.75, 3.05) is 23.7 Å². The summed E-state index contributed by atoms with van der Waals surface area (Å²) in [5.74, 6) is 1.42. The molecule has 0 atom stereocenters. The SMILES string of the molecule is O=C(Nc1cccc(-c2nc(Nc3ccc4[nH]ncc4c3)c3ccccc3n2)c1)C1CCNCC1. The van der Waals surface area contributed by atoms with Crippen LogP contribution in [0.15, 0.2) is 72.9 Å². The van der Waals surface area contributed by atoms with Gasteiger partial charge in [0, 0.05) is 33.6 Å². The molecule has 0 bridgehead atoms. The van der Waals surface area contributed by atoms with E-state index >= 15 is 0 Å². The van der Waals surface area contributed by atoms with Gasteiger partial charge in [-0.25, -0.2) is 9.97 Å². The van der Waals surface area contributed by atoms with Crippen molar-refractivity contribution in [2.24, 2.45) is 5.92 Å². The molecule has 0 radical (unpaired) electrons. The molecule has 0 aliphatic carbocycles. The molecular weight excluding hydrogens is 438 g/mol. The average Bonchev–Trinajstić information content (AvgIpc) is 3.37. The lowest BCUT2D eigenvalue weighted by atomic mass is 9.97. The first-order valence-corrected chi connectivity index (χ1v) is 11.8. The van der Waals surface area contributed by atoms with Crippen molar-refractivity contribution in [3.63, 3.8) is 0 Å². The van der Waals surface area contributed by atoms with Crippen molar-refractivity contribution in [1.82, 2.24) is 25.5 Å². The number of hydrogen-bond acceptors (Lipinski definition) is 6. The lowest BCUT2D eigenvalue weighted by Gasteiger charge is -2.21. The van der Waals surface area contributed by atoms with Gasteiger partial charge in [0.05, 0.1) is 17.2 Å². The number of carbonyl (C=O) groups is 1. The number of aromatic amines is 1. The Bertz CT molecular complexity index is 1520. The lowest BCUT2D eigenvalue weighted by molar-refractivity contribution is -0.120. The van der Waals surface area contributed by atoms with Crippen LogP contribution < -0.4 is 16.0 Å². The van der Waals surface area contributed by atoms with Gasteiger partial charge in [-0.1, -0.05) is 24.3 Å². The zero-order valence-corrected chi connectivity index (χ0v) is 19.1. The normalized spacial score (nSPS) is 14.3. The van der Waals surface area contributed by atoms with E-state index < -0.39 is 0 Å². The van der Waals surface area contributed by atoms with Crippen LogP contribution in [0.1, 0.15) is 12.8 Å². The van der Waals surface area contributed by atoms with Gasteiger partial charge >= 0.3 is 0 Å². The highest BCUT2D eigenvalue weighted by atomic mass is 16.1. The number of rotatable bonds is 5. The van der Waals surface area contributed by atoms with Gasteiger partial charge in [-0.15, -0.1) is 0 Å². The standard InChI is InChI=1S/C27H25N7O/c35-27(17-10-12-28-13-11-17)31-20-5-3-4-18(14-20)25-32-24-7-2-1-6-22(24)26(33-25)30-21-8-9-23-19(15-21)16-29-34-23/h1-9,14-17,28H,10-13H2,(H,29,34)(H,31,35)(H,30,32,33). The van der Waals surface area contributed by atoms with Crippen LogP contribution in [0.2, 0.25) is 0 Å². The van der Waals surface area contributed by atoms with E-state index in [9.17, 15) is 4.79 Å². The number of piperidine rings is 1. The van der Waals surface area contributed by atoms with Crippen molar-refractivity contribution in [3.8, 4) is 11.4 Å². The number of fused-ring (bicyclic) bond motifs is 2. The summed E-state index contributed by atoms with van der Waals surface area (Å²) >= 11 is 0. The Labute approximate surface area is 202 Å². The van der Waals surface area contributed by atoms with E-state index in [-0.39, 0.29) is 11.8 Å². The maximum atomic E-state index is 12.7. The van der Waals surface area contributed by atoms with Crippen molar-refractivity contribution in [1.29, 1.82) is 0 Å². The summed E-state index contributed by atoms with van der Waals surface area (Å²) in [7, 11) is 0. The number of nitrogens with one attached hydrogen (secondary N) is 4. The first-order valence-electron chi connectivity index (χ1n) is 11.8. The Hall–Kier alpha value is -4.30. The first kappa shape index (κ1) is 21.2. The Balaban J connectivity index is 1.33. The zero-order valence-electron chi connectivity index (χ0n) is 19.1. The fraction of sp³-hybridized carbons (Fsp3) is 0.185. The largest absolute Gasteiger partial charge is 0.340 e. The second kappa shape index (κ2) is 9.15. The minimum Gasteiger partial charge on any atom is -0.340 e. The molecule has 8 heteroatoms. The minimum absolute atomic E-state index is 0.0418. The molecule has 3 aromatic carbocycles. The van der Waals surface area contributed by atoms with Crippen LogP contribution in [0.5, 0.6) is 0 Å². The molecule has 6 rings (SSSR count). The van der Waals surface area contributed by atoms with Gasteiger partial charge in [0.1, 0.15) is 5.82 Å². The summed E-state index contributed by atoms with van der Waals surface area (Å²) in [5, 5.41) is 18.9.